The van der Waals surface area contributed by atoms with Gasteiger partial charge in [-0.25, -0.2) is 14.6 Å². The second kappa shape index (κ2) is 7.21. The van der Waals surface area contributed by atoms with E-state index >= 15 is 0 Å². The molecule has 1 amide bonds. The number of nitrogens with one attached hydrogen (secondary N) is 2. The molecule has 0 aliphatic rings. The lowest BCUT2D eigenvalue weighted by molar-refractivity contribution is 0.0684. The Bertz CT molecular complexity index is 641. The minimum Gasteiger partial charge on any atom is -0.475 e. The van der Waals surface area contributed by atoms with Crippen LogP contribution in [0, 0.1) is 0 Å². The van der Waals surface area contributed by atoms with E-state index in [9.17, 15) is 9.59 Å². The molecule has 1 heterocycles. The summed E-state index contributed by atoms with van der Waals surface area (Å²) in [5, 5.41) is 17.5. The van der Waals surface area contributed by atoms with Crippen molar-refractivity contribution in [3.63, 3.8) is 0 Å². The molecule has 1 aromatic heterocycles. The molecular formula is C14H16N4O4. The molecule has 0 saturated carbocycles. The minimum absolute atomic E-state index is 0.153. The fourth-order valence-electron chi connectivity index (χ4n) is 1.80. The van der Waals surface area contributed by atoms with Crippen LogP contribution in [0.2, 0.25) is 0 Å². The summed E-state index contributed by atoms with van der Waals surface area (Å²) in [4.78, 5) is 26.4. The summed E-state index contributed by atoms with van der Waals surface area (Å²) in [6.07, 6.45) is -0.0988. The Morgan fingerprint density at radius 3 is 2.68 bits per heavy atom. The number of alkyl carbamates (subject to hydrolysis) is 1. The molecule has 3 N–H and O–H groups in total. The van der Waals surface area contributed by atoms with E-state index in [-0.39, 0.29) is 18.3 Å². The normalized spacial score (nSPS) is 11.7. The van der Waals surface area contributed by atoms with Crippen LogP contribution in [0.25, 0.3) is 0 Å². The van der Waals surface area contributed by atoms with Crippen molar-refractivity contribution in [2.24, 2.45) is 0 Å². The van der Waals surface area contributed by atoms with Gasteiger partial charge in [-0.3, -0.25) is 5.10 Å². The number of amides is 1. The topological polar surface area (TPSA) is 117 Å². The van der Waals surface area contributed by atoms with Gasteiger partial charge in [-0.15, -0.1) is 5.10 Å². The standard InChI is InChI=1S/C14H16N4O4/c1-2-10(11-16-12(13(19)20)18-17-11)15-14(21)22-8-9-6-4-3-5-7-9/h3-7,10H,2,8H2,1H3,(H,15,21)(H,19,20)(H,16,17,18)/t10-/m0/s1. The van der Waals surface area contributed by atoms with Crippen molar-refractivity contribution in [2.75, 3.05) is 0 Å². The number of hydrogen-bond acceptors (Lipinski definition) is 5. The zero-order valence-corrected chi connectivity index (χ0v) is 11.9. The summed E-state index contributed by atoms with van der Waals surface area (Å²) in [6.45, 7) is 1.98. The van der Waals surface area contributed by atoms with Gasteiger partial charge in [0.2, 0.25) is 0 Å². The highest BCUT2D eigenvalue weighted by molar-refractivity contribution is 5.82. The number of rotatable bonds is 6. The molecule has 0 unspecified atom stereocenters. The fourth-order valence-corrected chi connectivity index (χ4v) is 1.80. The number of H-pyrrole nitrogens is 1. The molecule has 0 fully saturated rings. The maximum Gasteiger partial charge on any atom is 0.408 e. The van der Waals surface area contributed by atoms with E-state index in [4.69, 9.17) is 9.84 Å². The number of carboxylic acid groups (broad SMARTS) is 1. The second-order valence-corrected chi connectivity index (χ2v) is 4.52. The number of carbonyl (C=O) groups is 2. The van der Waals surface area contributed by atoms with Gasteiger partial charge in [-0.1, -0.05) is 37.3 Å². The maximum absolute atomic E-state index is 11.8. The molecule has 1 aromatic carbocycles. The predicted molar refractivity (Wildman–Crippen MR) is 76.1 cm³/mol. The lowest BCUT2D eigenvalue weighted by Gasteiger charge is -2.14. The average molecular weight is 304 g/mol. The van der Waals surface area contributed by atoms with Crippen molar-refractivity contribution in [3.05, 3.63) is 47.5 Å². The summed E-state index contributed by atoms with van der Waals surface area (Å²) >= 11 is 0. The van der Waals surface area contributed by atoms with E-state index < -0.39 is 18.1 Å². The lowest BCUT2D eigenvalue weighted by Crippen LogP contribution is -2.29. The van der Waals surface area contributed by atoms with E-state index in [1.807, 2.05) is 37.3 Å². The zero-order valence-electron chi connectivity index (χ0n) is 11.9. The van der Waals surface area contributed by atoms with Gasteiger partial charge in [-0.2, -0.15) is 0 Å². The highest BCUT2D eigenvalue weighted by atomic mass is 16.5. The Balaban J connectivity index is 1.91. The van der Waals surface area contributed by atoms with Gasteiger partial charge >= 0.3 is 12.1 Å². The van der Waals surface area contributed by atoms with Gasteiger partial charge in [0, 0.05) is 0 Å². The molecule has 0 aliphatic heterocycles. The monoisotopic (exact) mass is 304 g/mol. The number of carbonyl (C=O) groups excluding carboxylic acids is 1. The van der Waals surface area contributed by atoms with E-state index in [1.165, 1.54) is 0 Å². The third kappa shape index (κ3) is 4.05. The zero-order chi connectivity index (χ0) is 15.9. The van der Waals surface area contributed by atoms with Crippen LogP contribution < -0.4 is 5.32 Å². The molecule has 8 heteroatoms. The number of carboxylic acids is 1. The van der Waals surface area contributed by atoms with Gasteiger partial charge in [0.25, 0.3) is 5.82 Å². The Labute approximate surface area is 126 Å². The van der Waals surface area contributed by atoms with Crippen LogP contribution in [-0.4, -0.2) is 32.4 Å². The van der Waals surface area contributed by atoms with Crippen molar-refractivity contribution >= 4 is 12.1 Å². The second-order valence-electron chi connectivity index (χ2n) is 4.52. The molecule has 0 spiro atoms. The molecule has 2 aromatic rings. The summed E-state index contributed by atoms with van der Waals surface area (Å²) in [6, 6.07) is 8.78. The first-order valence-corrected chi connectivity index (χ1v) is 6.73. The van der Waals surface area contributed by atoms with Gasteiger partial charge in [0.15, 0.2) is 0 Å². The summed E-state index contributed by atoms with van der Waals surface area (Å²) in [7, 11) is 0. The van der Waals surface area contributed by atoms with Gasteiger partial charge in [0.1, 0.15) is 12.4 Å². The van der Waals surface area contributed by atoms with Gasteiger partial charge < -0.3 is 15.2 Å². The molecule has 0 radical (unpaired) electrons. The Kier molecular flexibility index (Phi) is 5.07. The number of aromatic carboxylic acids is 1. The molecule has 22 heavy (non-hydrogen) atoms. The molecular weight excluding hydrogens is 288 g/mol. The first kappa shape index (κ1) is 15.5. The molecule has 1 atom stereocenters. The van der Waals surface area contributed by atoms with Crippen molar-refractivity contribution < 1.29 is 19.4 Å². The Morgan fingerprint density at radius 1 is 1.36 bits per heavy atom. The molecule has 0 aliphatic carbocycles. The first-order chi connectivity index (χ1) is 10.6. The number of aromatic amines is 1. The third-order valence-corrected chi connectivity index (χ3v) is 2.94. The largest absolute Gasteiger partial charge is 0.475 e. The van der Waals surface area contributed by atoms with Crippen LogP contribution in [0.1, 0.15) is 41.4 Å². The van der Waals surface area contributed by atoms with Crippen molar-refractivity contribution in [3.8, 4) is 0 Å². The maximum atomic E-state index is 11.8. The van der Waals surface area contributed by atoms with Crippen molar-refractivity contribution in [2.45, 2.75) is 26.0 Å². The van der Waals surface area contributed by atoms with E-state index in [1.54, 1.807) is 0 Å². The van der Waals surface area contributed by atoms with Crippen LogP contribution >= 0.6 is 0 Å². The van der Waals surface area contributed by atoms with Crippen LogP contribution in [0.4, 0.5) is 4.79 Å². The molecule has 0 bridgehead atoms. The SMILES string of the molecule is CC[C@H](NC(=O)OCc1ccccc1)c1nc(C(=O)O)n[nH]1. The number of nitrogens with zero attached hydrogens (tertiary/aromatic N) is 2. The number of hydrogen-bond donors (Lipinski definition) is 3. The summed E-state index contributed by atoms with van der Waals surface area (Å²) in [5.41, 5.74) is 0.874. The minimum atomic E-state index is -1.23. The summed E-state index contributed by atoms with van der Waals surface area (Å²) in [5.74, 6) is -1.30. The molecule has 8 nitrogen and oxygen atoms in total. The average Bonchev–Trinajstić information content (AvgIpc) is 3.01. The van der Waals surface area contributed by atoms with Crippen LogP contribution in [0.3, 0.4) is 0 Å². The smallest absolute Gasteiger partial charge is 0.408 e. The van der Waals surface area contributed by atoms with Crippen LogP contribution in [0.15, 0.2) is 30.3 Å². The third-order valence-electron chi connectivity index (χ3n) is 2.94. The van der Waals surface area contributed by atoms with Crippen molar-refractivity contribution in [1.82, 2.24) is 20.5 Å². The van der Waals surface area contributed by atoms with E-state index in [0.29, 0.717) is 6.42 Å². The Morgan fingerprint density at radius 2 is 2.09 bits per heavy atom. The van der Waals surface area contributed by atoms with Crippen LogP contribution in [-0.2, 0) is 11.3 Å². The quantitative estimate of drug-likeness (QED) is 0.750. The molecule has 2 rings (SSSR count). The van der Waals surface area contributed by atoms with E-state index in [2.05, 4.69) is 20.5 Å². The fraction of sp³-hybridized carbons (Fsp3) is 0.286. The van der Waals surface area contributed by atoms with Gasteiger partial charge in [0.05, 0.1) is 6.04 Å². The van der Waals surface area contributed by atoms with Crippen molar-refractivity contribution in [1.29, 1.82) is 0 Å². The van der Waals surface area contributed by atoms with Gasteiger partial charge in [-0.05, 0) is 12.0 Å². The van der Waals surface area contributed by atoms with Crippen LogP contribution in [0.5, 0.6) is 0 Å². The highest BCUT2D eigenvalue weighted by Gasteiger charge is 2.19. The first-order valence-electron chi connectivity index (χ1n) is 6.73. The lowest BCUT2D eigenvalue weighted by atomic mass is 10.2. The number of benzene rings is 1. The Hall–Kier alpha value is -2.90. The molecule has 0 saturated heterocycles. The molecule has 116 valence electrons. The number of aromatic nitrogens is 3. The predicted octanol–water partition coefficient (Wildman–Crippen LogP) is 1.88. The highest BCUT2D eigenvalue weighted by Crippen LogP contribution is 2.12. The van der Waals surface area contributed by atoms with E-state index in [0.717, 1.165) is 5.56 Å². The summed E-state index contributed by atoms with van der Waals surface area (Å²) < 4.78 is 5.11. The number of ether oxygens (including phenoxy) is 1.